The molecule has 38 heavy (non-hydrogen) atoms. The molecule has 2 aliphatic rings. The third-order valence-electron chi connectivity index (χ3n) is 7.33. The summed E-state index contributed by atoms with van der Waals surface area (Å²) in [5.74, 6) is 1.20. The molecule has 0 fully saturated rings. The van der Waals surface area contributed by atoms with Crippen LogP contribution in [0.4, 0.5) is 10.5 Å². The molecule has 6 rings (SSSR count). The van der Waals surface area contributed by atoms with Crippen molar-refractivity contribution >= 4 is 34.7 Å². The Kier molecular flexibility index (Phi) is 6.55. The van der Waals surface area contributed by atoms with Crippen LogP contribution in [0.1, 0.15) is 33.3 Å². The van der Waals surface area contributed by atoms with Crippen molar-refractivity contribution in [2.45, 2.75) is 25.6 Å². The normalized spacial score (nSPS) is 16.7. The molecule has 9 heteroatoms. The number of urea groups is 1. The number of carbonyl (C=O) groups excluding carboxylic acids is 1. The number of hydrogen-bond acceptors (Lipinski definition) is 5. The minimum Gasteiger partial charge on any atom is -0.497 e. The minimum atomic E-state index is -0.346. The Morgan fingerprint density at radius 3 is 2.71 bits per heavy atom. The fourth-order valence-electron chi connectivity index (χ4n) is 5.48. The van der Waals surface area contributed by atoms with E-state index >= 15 is 0 Å². The largest absolute Gasteiger partial charge is 0.497 e. The van der Waals surface area contributed by atoms with Crippen LogP contribution in [0.25, 0.3) is 5.00 Å². The number of nitrogens with zero attached hydrogens (tertiary/aromatic N) is 3. The van der Waals surface area contributed by atoms with Crippen molar-refractivity contribution in [3.05, 3.63) is 93.1 Å². The van der Waals surface area contributed by atoms with Crippen LogP contribution in [0.5, 0.6) is 11.5 Å². The second-order valence-corrected chi connectivity index (χ2v) is 11.2. The Hall–Kier alpha value is -3.46. The highest BCUT2D eigenvalue weighted by Gasteiger charge is 2.36. The van der Waals surface area contributed by atoms with E-state index in [0.717, 1.165) is 30.8 Å². The van der Waals surface area contributed by atoms with E-state index in [1.807, 2.05) is 52.6 Å². The first-order chi connectivity index (χ1) is 18.5. The van der Waals surface area contributed by atoms with E-state index in [0.29, 0.717) is 28.8 Å². The second kappa shape index (κ2) is 10.0. The van der Waals surface area contributed by atoms with Crippen LogP contribution < -0.4 is 14.8 Å². The summed E-state index contributed by atoms with van der Waals surface area (Å²) < 4.78 is 13.2. The lowest BCUT2D eigenvalue weighted by atomic mass is 10.0. The van der Waals surface area contributed by atoms with Gasteiger partial charge in [0.1, 0.15) is 16.5 Å². The van der Waals surface area contributed by atoms with E-state index in [2.05, 4.69) is 34.1 Å². The van der Waals surface area contributed by atoms with Gasteiger partial charge in [0.15, 0.2) is 0 Å². The Morgan fingerprint density at radius 2 is 1.92 bits per heavy atom. The highest BCUT2D eigenvalue weighted by Crippen LogP contribution is 2.44. The van der Waals surface area contributed by atoms with Crippen molar-refractivity contribution in [3.8, 4) is 16.5 Å². The van der Waals surface area contributed by atoms with Gasteiger partial charge in [-0.25, -0.2) is 4.79 Å². The number of anilines is 1. The standard InChI is InChI=1S/C29H29ClN4O3S/c1-32-13-11-21-22-16-34(29(35)31-23-15-20(36-2)9-10-25(23)37-3)27(18-6-4-7-19(30)14-18)24-8-5-12-33(24)28(22)38-26(21)17-32/h4-10,12,14-15,27H,11,13,16-17H2,1-3H3,(H,31,35)/t27-/m1/s1. The van der Waals surface area contributed by atoms with Crippen LogP contribution in [0.3, 0.4) is 0 Å². The molecule has 2 aliphatic heterocycles. The molecule has 2 amide bonds. The third kappa shape index (κ3) is 4.32. The number of ether oxygens (including phenoxy) is 2. The van der Waals surface area contributed by atoms with Crippen LogP contribution >= 0.6 is 22.9 Å². The molecule has 0 spiro atoms. The highest BCUT2D eigenvalue weighted by atomic mass is 35.5. The van der Waals surface area contributed by atoms with Gasteiger partial charge in [0.05, 0.1) is 38.2 Å². The molecular weight excluding hydrogens is 520 g/mol. The molecule has 0 unspecified atom stereocenters. The molecule has 4 heterocycles. The number of thiophene rings is 1. The Bertz CT molecular complexity index is 1510. The number of likely N-dealkylation sites (N-methyl/N-ethyl adjacent to an activating group) is 1. The second-order valence-electron chi connectivity index (χ2n) is 9.66. The molecular formula is C29H29ClN4O3S. The number of benzene rings is 2. The molecule has 196 valence electrons. The van der Waals surface area contributed by atoms with Gasteiger partial charge in [0.2, 0.25) is 0 Å². The predicted molar refractivity (Wildman–Crippen MR) is 151 cm³/mol. The average Bonchev–Trinajstić information content (AvgIpc) is 3.49. The first kappa shape index (κ1) is 24.9. The third-order valence-corrected chi connectivity index (χ3v) is 8.82. The van der Waals surface area contributed by atoms with Gasteiger partial charge >= 0.3 is 6.03 Å². The zero-order valence-electron chi connectivity index (χ0n) is 21.5. The quantitative estimate of drug-likeness (QED) is 0.323. The number of fused-ring (bicyclic) bond motifs is 5. The predicted octanol–water partition coefficient (Wildman–Crippen LogP) is 6.33. The van der Waals surface area contributed by atoms with Crippen LogP contribution in [-0.2, 0) is 19.5 Å². The van der Waals surface area contributed by atoms with Crippen molar-refractivity contribution in [1.29, 1.82) is 0 Å². The van der Waals surface area contributed by atoms with E-state index in [9.17, 15) is 4.79 Å². The van der Waals surface area contributed by atoms with Crippen molar-refractivity contribution in [3.63, 3.8) is 0 Å². The topological polar surface area (TPSA) is 59.0 Å². The Balaban J connectivity index is 1.49. The van der Waals surface area contributed by atoms with Crippen molar-refractivity contribution in [2.24, 2.45) is 0 Å². The summed E-state index contributed by atoms with van der Waals surface area (Å²) >= 11 is 8.29. The maximum absolute atomic E-state index is 14.2. The molecule has 1 atom stereocenters. The molecule has 0 radical (unpaired) electrons. The van der Waals surface area contributed by atoms with E-state index in [1.165, 1.54) is 21.0 Å². The maximum atomic E-state index is 14.2. The van der Waals surface area contributed by atoms with Crippen molar-refractivity contribution in [1.82, 2.24) is 14.4 Å². The van der Waals surface area contributed by atoms with E-state index in [-0.39, 0.29) is 12.1 Å². The lowest BCUT2D eigenvalue weighted by Gasteiger charge is -2.32. The fraction of sp³-hybridized carbons (Fsp3) is 0.276. The first-order valence-corrected chi connectivity index (χ1v) is 13.7. The van der Waals surface area contributed by atoms with E-state index in [1.54, 1.807) is 26.4 Å². The number of rotatable bonds is 4. The average molecular weight is 549 g/mol. The monoisotopic (exact) mass is 548 g/mol. The van der Waals surface area contributed by atoms with Crippen LogP contribution in [0.15, 0.2) is 60.8 Å². The molecule has 2 aromatic carbocycles. The number of aromatic nitrogens is 1. The van der Waals surface area contributed by atoms with Gasteiger partial charge in [0.25, 0.3) is 0 Å². The van der Waals surface area contributed by atoms with Gasteiger partial charge in [0, 0.05) is 40.8 Å². The van der Waals surface area contributed by atoms with Gasteiger partial charge < -0.3 is 29.2 Å². The van der Waals surface area contributed by atoms with Crippen molar-refractivity contribution in [2.75, 3.05) is 33.1 Å². The Labute approximate surface area is 231 Å². The first-order valence-electron chi connectivity index (χ1n) is 12.5. The van der Waals surface area contributed by atoms with Crippen molar-refractivity contribution < 1.29 is 14.3 Å². The molecule has 0 aliphatic carbocycles. The van der Waals surface area contributed by atoms with Gasteiger partial charge in [-0.1, -0.05) is 23.7 Å². The zero-order chi connectivity index (χ0) is 26.4. The number of methoxy groups -OCH3 is 2. The molecule has 0 saturated carbocycles. The summed E-state index contributed by atoms with van der Waals surface area (Å²) in [7, 11) is 5.35. The number of carbonyl (C=O) groups is 1. The zero-order valence-corrected chi connectivity index (χ0v) is 23.1. The lowest BCUT2D eigenvalue weighted by molar-refractivity contribution is 0.194. The number of hydrogen-bond donors (Lipinski definition) is 1. The van der Waals surface area contributed by atoms with E-state index < -0.39 is 0 Å². The summed E-state index contributed by atoms with van der Waals surface area (Å²) in [6.07, 6.45) is 3.07. The van der Waals surface area contributed by atoms with Gasteiger partial charge in [-0.3, -0.25) is 0 Å². The van der Waals surface area contributed by atoms with Gasteiger partial charge in [-0.05, 0) is 61.0 Å². The lowest BCUT2D eigenvalue weighted by Crippen LogP contribution is -2.38. The van der Waals surface area contributed by atoms with E-state index in [4.69, 9.17) is 21.1 Å². The number of amides is 2. The maximum Gasteiger partial charge on any atom is 0.323 e. The minimum absolute atomic E-state index is 0.227. The molecule has 4 aromatic rings. The van der Waals surface area contributed by atoms with Crippen LogP contribution in [-0.4, -0.2) is 48.2 Å². The summed E-state index contributed by atoms with van der Waals surface area (Å²) in [6, 6.07) is 16.7. The SMILES string of the molecule is COc1ccc(OC)c(NC(=O)N2Cc3c(sc4c3CCN(C)C4)-n3cccc3[C@H]2c2cccc(Cl)c2)c1. The number of nitrogens with one attached hydrogen (secondary N) is 1. The van der Waals surface area contributed by atoms with Crippen LogP contribution in [0, 0.1) is 0 Å². The van der Waals surface area contributed by atoms with Crippen LogP contribution in [0.2, 0.25) is 5.02 Å². The smallest absolute Gasteiger partial charge is 0.323 e. The molecule has 1 N–H and O–H groups in total. The summed E-state index contributed by atoms with van der Waals surface area (Å²) in [6.45, 7) is 2.40. The number of halogens is 1. The Morgan fingerprint density at radius 1 is 1.05 bits per heavy atom. The van der Waals surface area contributed by atoms with Gasteiger partial charge in [-0.15, -0.1) is 11.3 Å². The molecule has 0 saturated heterocycles. The summed E-state index contributed by atoms with van der Waals surface area (Å²) in [4.78, 5) is 19.8. The highest BCUT2D eigenvalue weighted by molar-refractivity contribution is 7.15. The fourth-order valence-corrected chi connectivity index (χ4v) is 7.12. The molecule has 0 bridgehead atoms. The molecule has 2 aromatic heterocycles. The summed E-state index contributed by atoms with van der Waals surface area (Å²) in [5, 5.41) is 4.94. The summed E-state index contributed by atoms with van der Waals surface area (Å²) in [5.41, 5.74) is 5.11. The van der Waals surface area contributed by atoms with Gasteiger partial charge in [-0.2, -0.15) is 0 Å². The molecule has 7 nitrogen and oxygen atoms in total.